The molecule has 0 aromatic heterocycles. The summed E-state index contributed by atoms with van der Waals surface area (Å²) in [6.45, 7) is 16.2. The summed E-state index contributed by atoms with van der Waals surface area (Å²) in [4.78, 5) is 142. The van der Waals surface area contributed by atoms with E-state index in [0.717, 1.165) is 26.9 Å². The molecule has 31 nitrogen and oxygen atoms in total. The Kier molecular flexibility index (Phi) is 31.6. The van der Waals surface area contributed by atoms with Crippen molar-refractivity contribution in [3.63, 3.8) is 0 Å². The highest BCUT2D eigenvalue weighted by atomic mass is 33.1. The average Bonchev–Trinajstić information content (AvgIpc) is 1.55. The molecule has 532 valence electrons. The van der Waals surface area contributed by atoms with Crippen LogP contribution >= 0.6 is 43.2 Å². The number of aliphatic hydroxyl groups excluding tert-OH is 6. The minimum Gasteiger partial charge on any atom is -0.463 e. The second-order valence-electron chi connectivity index (χ2n) is 25.6. The van der Waals surface area contributed by atoms with Gasteiger partial charge in [0.1, 0.15) is 62.2 Å². The molecule has 9 amide bonds. The van der Waals surface area contributed by atoms with Crippen LogP contribution < -0.4 is 21.3 Å². The van der Waals surface area contributed by atoms with Gasteiger partial charge in [-0.05, 0) is 81.1 Å². The second kappa shape index (κ2) is 37.2. The van der Waals surface area contributed by atoms with E-state index in [9.17, 15) is 83.4 Å². The Balaban J connectivity index is 0.870. The van der Waals surface area contributed by atoms with Crippen molar-refractivity contribution in [1.82, 2.24) is 40.9 Å². The third kappa shape index (κ3) is 23.7. The van der Waals surface area contributed by atoms with Gasteiger partial charge in [-0.25, -0.2) is 0 Å². The molecule has 0 spiro atoms. The summed E-state index contributed by atoms with van der Waals surface area (Å²) in [5.41, 5.74) is -1.94. The highest BCUT2D eigenvalue weighted by molar-refractivity contribution is 8.77. The minimum absolute atomic E-state index is 0.0872. The Hall–Kier alpha value is -4.89. The molecule has 94 heavy (non-hydrogen) atoms. The Bertz CT molecular complexity index is 2510. The molecule has 5 heterocycles. The molecule has 0 bridgehead atoms. The summed E-state index contributed by atoms with van der Waals surface area (Å²) in [6.07, 6.45) is -7.84. The fraction of sp³-hybridized carbons (Fsp3) is 0.780. The third-order valence-electron chi connectivity index (χ3n) is 16.2. The second-order valence-corrected chi connectivity index (χ2v) is 31.8. The van der Waals surface area contributed by atoms with Crippen molar-refractivity contribution in [2.24, 2.45) is 10.8 Å². The molecule has 0 radical (unpaired) electrons. The van der Waals surface area contributed by atoms with Crippen LogP contribution in [0.5, 0.6) is 0 Å². The number of amides is 9. The SMILES string of the molecule is CC(C)(CCC(=O)NCCOCCOCCN(CCOCCOCCNC(=O)CCC(C)(C)SSCCC(C)(C)C(=O)OCC1[C@H](O)[C@@H](O)[C@@H](O)[C@@H]2NC(=O)C(=O)N12)C(=O)CCN1C(=O)C=CC1=O)SSCCC(C)(C)C(=O)OCC1[C@@H](O)[C@H](O)[C@H](O)[C@H]2NC(=O)C(=O)N12. The minimum atomic E-state index is -1.69. The van der Waals surface area contributed by atoms with Crippen LogP contribution in [-0.4, -0.2) is 296 Å². The number of nitrogens with zero attached hydrogens (tertiary/aromatic N) is 4. The number of hydrogen-bond acceptors (Lipinski definition) is 27. The Labute approximate surface area is 562 Å². The van der Waals surface area contributed by atoms with Crippen molar-refractivity contribution in [2.75, 3.05) is 110 Å². The zero-order valence-electron chi connectivity index (χ0n) is 54.4. The summed E-state index contributed by atoms with van der Waals surface area (Å²) >= 11 is 0. The van der Waals surface area contributed by atoms with Crippen LogP contribution in [-0.2, 0) is 81.2 Å². The van der Waals surface area contributed by atoms with Gasteiger partial charge in [0.05, 0.1) is 75.8 Å². The maximum absolute atomic E-state index is 13.3. The summed E-state index contributed by atoms with van der Waals surface area (Å²) in [5, 5.41) is 72.4. The maximum Gasteiger partial charge on any atom is 0.314 e. The van der Waals surface area contributed by atoms with E-state index in [4.69, 9.17) is 28.4 Å². The summed E-state index contributed by atoms with van der Waals surface area (Å²) in [6, 6.07) is -2.51. The van der Waals surface area contributed by atoms with E-state index < -0.39 is 132 Å². The van der Waals surface area contributed by atoms with Gasteiger partial charge in [0.2, 0.25) is 17.7 Å². The average molecular weight is 1410 g/mol. The lowest BCUT2D eigenvalue weighted by molar-refractivity contribution is -0.184. The van der Waals surface area contributed by atoms with Crippen LogP contribution in [0.3, 0.4) is 0 Å². The predicted molar refractivity (Wildman–Crippen MR) is 343 cm³/mol. The van der Waals surface area contributed by atoms with E-state index in [-0.39, 0.29) is 132 Å². The van der Waals surface area contributed by atoms with Gasteiger partial charge in [-0.1, -0.05) is 43.2 Å². The standard InChI is InChI=1S/C59H94N8O23S4/c1-56(2,54(83)89-33-35-42(73)44(75)46(77)48-62-50(79)52(81)66(35)48)16-31-91-93-58(5,6)14-11-37(68)60-18-23-85-27-29-87-25-21-64(39(70)13-20-65-40(71)9-10-41(65)72)22-26-88-30-28-86-24-19-61-38(69)12-15-59(7,8)94-92-32-17-57(3,4)55(84)90-34-36-43(74)45(76)47(78)49-63-51(80)53(82)67(36)49/h9-10,35-36,42-49,73-78H,11-34H2,1-8H3,(H,60,68)(H,61,69)(H,62,79)(H,63,80)/t35?,36?,42-,43+,44+,45-,46+,47-,48+,49-. The number of rotatable bonds is 43. The molecule has 5 aliphatic rings. The maximum atomic E-state index is 13.3. The molecule has 4 fully saturated rings. The molecule has 5 aliphatic heterocycles. The largest absolute Gasteiger partial charge is 0.463 e. The van der Waals surface area contributed by atoms with Crippen LogP contribution in [0, 0.1) is 10.8 Å². The van der Waals surface area contributed by atoms with Crippen LogP contribution in [0.2, 0.25) is 0 Å². The van der Waals surface area contributed by atoms with Crippen molar-refractivity contribution in [2.45, 2.75) is 171 Å². The number of imide groups is 1. The molecule has 10 N–H and O–H groups in total. The zero-order valence-corrected chi connectivity index (χ0v) is 57.7. The molecule has 0 aromatic rings. The molecule has 2 unspecified atom stereocenters. The number of fused-ring (bicyclic) bond motifs is 2. The smallest absolute Gasteiger partial charge is 0.314 e. The topological polar surface area (TPSA) is 426 Å². The van der Waals surface area contributed by atoms with Crippen LogP contribution in [0.1, 0.15) is 100 Å². The van der Waals surface area contributed by atoms with E-state index in [1.807, 2.05) is 27.7 Å². The summed E-state index contributed by atoms with van der Waals surface area (Å²) < 4.78 is 33.0. The molecule has 4 saturated heterocycles. The number of esters is 2. The molecule has 5 rings (SSSR count). The molecular weight excluding hydrogens is 1320 g/mol. The summed E-state index contributed by atoms with van der Waals surface area (Å²) in [7, 11) is 6.22. The Morgan fingerprint density at radius 1 is 0.511 bits per heavy atom. The normalized spacial score (nSPS) is 23.9. The zero-order chi connectivity index (χ0) is 69.7. The Morgan fingerprint density at radius 3 is 1.27 bits per heavy atom. The number of nitrogens with one attached hydrogen (secondary N) is 4. The summed E-state index contributed by atoms with van der Waals surface area (Å²) in [5.74, 6) is -5.77. The van der Waals surface area contributed by atoms with Crippen molar-refractivity contribution in [1.29, 1.82) is 0 Å². The first-order chi connectivity index (χ1) is 44.2. The first-order valence-electron chi connectivity index (χ1n) is 31.2. The molecular formula is C59H94N8O23S4. The lowest BCUT2D eigenvalue weighted by Gasteiger charge is -2.44. The highest BCUT2D eigenvalue weighted by Gasteiger charge is 2.57. The molecule has 0 saturated carbocycles. The van der Waals surface area contributed by atoms with Gasteiger partial charge in [0.15, 0.2) is 0 Å². The van der Waals surface area contributed by atoms with Crippen molar-refractivity contribution in [3.8, 4) is 0 Å². The van der Waals surface area contributed by atoms with Gasteiger partial charge in [-0.3, -0.25) is 57.6 Å². The van der Waals surface area contributed by atoms with Gasteiger partial charge < -0.3 is 95.0 Å². The van der Waals surface area contributed by atoms with Crippen molar-refractivity contribution < 1.29 is 112 Å². The lowest BCUT2D eigenvalue weighted by atomic mass is 9.90. The van der Waals surface area contributed by atoms with Gasteiger partial charge in [0, 0.05) is 85.1 Å². The highest BCUT2D eigenvalue weighted by Crippen LogP contribution is 2.42. The number of ether oxygens (including phenoxy) is 6. The molecule has 35 heteroatoms. The molecule has 0 aliphatic carbocycles. The van der Waals surface area contributed by atoms with Crippen molar-refractivity contribution >= 4 is 108 Å². The predicted octanol–water partition coefficient (Wildman–Crippen LogP) is -2.27. The van der Waals surface area contributed by atoms with E-state index in [0.29, 0.717) is 37.2 Å². The van der Waals surface area contributed by atoms with Gasteiger partial charge in [-0.2, -0.15) is 0 Å². The number of aliphatic hydroxyl groups is 6. The lowest BCUT2D eigenvalue weighted by Crippen LogP contribution is -2.68. The number of piperidine rings is 2. The number of hydrogen-bond donors (Lipinski definition) is 10. The quantitative estimate of drug-likeness (QED) is 0.0101. The number of carbonyl (C=O) groups is 11. The number of carbonyl (C=O) groups excluding carboxylic acids is 11. The fourth-order valence-electron chi connectivity index (χ4n) is 10.1. The van der Waals surface area contributed by atoms with Crippen LogP contribution in [0.4, 0.5) is 0 Å². The third-order valence-corrected chi connectivity index (χ3v) is 22.9. The van der Waals surface area contributed by atoms with Gasteiger partial charge >= 0.3 is 35.6 Å². The van der Waals surface area contributed by atoms with Gasteiger partial charge in [0.25, 0.3) is 11.8 Å². The van der Waals surface area contributed by atoms with Crippen LogP contribution in [0.15, 0.2) is 12.2 Å². The first kappa shape index (κ1) is 79.8. The molecule has 10 atom stereocenters. The first-order valence-corrected chi connectivity index (χ1v) is 35.8. The van der Waals surface area contributed by atoms with E-state index in [2.05, 4.69) is 21.3 Å². The Morgan fingerprint density at radius 2 is 0.883 bits per heavy atom. The van der Waals surface area contributed by atoms with E-state index >= 15 is 0 Å². The van der Waals surface area contributed by atoms with E-state index in [1.54, 1.807) is 49.3 Å². The monoisotopic (exact) mass is 1410 g/mol. The van der Waals surface area contributed by atoms with Crippen molar-refractivity contribution in [3.05, 3.63) is 12.2 Å². The van der Waals surface area contributed by atoms with Crippen LogP contribution in [0.25, 0.3) is 0 Å². The fourth-order valence-corrected chi connectivity index (χ4v) is 15.8. The van der Waals surface area contributed by atoms with Gasteiger partial charge in [-0.15, -0.1) is 0 Å². The molecule has 0 aromatic carbocycles. The van der Waals surface area contributed by atoms with E-state index in [1.165, 1.54) is 26.5 Å².